The third kappa shape index (κ3) is 2.87. The van der Waals surface area contributed by atoms with Gasteiger partial charge in [0.15, 0.2) is 0 Å². The fraction of sp³-hybridized carbons (Fsp3) is 0.462. The van der Waals surface area contributed by atoms with Gasteiger partial charge in [0.1, 0.15) is 11.8 Å². The topological polar surface area (TPSA) is 104 Å². The lowest BCUT2D eigenvalue weighted by Crippen LogP contribution is -2.40. The van der Waals surface area contributed by atoms with Crippen LogP contribution in [0.5, 0.6) is 5.75 Å². The van der Waals surface area contributed by atoms with Crippen LogP contribution in [-0.4, -0.2) is 54.7 Å². The Bertz CT molecular complexity index is 657. The number of sulfonamides is 1. The van der Waals surface area contributed by atoms with Gasteiger partial charge >= 0.3 is 5.97 Å². The van der Waals surface area contributed by atoms with Crippen molar-refractivity contribution in [1.29, 1.82) is 0 Å². The normalized spacial score (nSPS) is 23.2. The van der Waals surface area contributed by atoms with Crippen LogP contribution in [0.1, 0.15) is 12.0 Å². The third-order valence-corrected chi connectivity index (χ3v) is 5.36. The molecule has 21 heavy (non-hydrogen) atoms. The molecular weight excluding hydrogens is 298 g/mol. The van der Waals surface area contributed by atoms with Gasteiger partial charge in [-0.05, 0) is 30.7 Å². The zero-order valence-electron chi connectivity index (χ0n) is 11.7. The van der Waals surface area contributed by atoms with Gasteiger partial charge in [0, 0.05) is 13.0 Å². The first-order valence-electron chi connectivity index (χ1n) is 6.34. The Kier molecular flexibility index (Phi) is 4.22. The monoisotopic (exact) mass is 315 g/mol. The maximum atomic E-state index is 12.6. The fourth-order valence-corrected chi connectivity index (χ4v) is 4.14. The number of aliphatic hydroxyl groups excluding tert-OH is 1. The molecule has 116 valence electrons. The number of β-amino-alcohol motifs (C(OH)–C–C–N with tert-alkyl or cyclic N) is 1. The zero-order valence-corrected chi connectivity index (χ0v) is 12.5. The number of ether oxygens (including phenoxy) is 1. The molecule has 0 amide bonds. The summed E-state index contributed by atoms with van der Waals surface area (Å²) in [4.78, 5) is 11.2. The van der Waals surface area contributed by atoms with E-state index in [1.807, 2.05) is 0 Å². The number of carbonyl (C=O) groups is 1. The predicted molar refractivity (Wildman–Crippen MR) is 73.7 cm³/mol. The van der Waals surface area contributed by atoms with Crippen LogP contribution in [0.4, 0.5) is 0 Å². The smallest absolute Gasteiger partial charge is 0.322 e. The molecule has 0 bridgehead atoms. The van der Waals surface area contributed by atoms with Crippen molar-refractivity contribution in [1.82, 2.24) is 4.31 Å². The summed E-state index contributed by atoms with van der Waals surface area (Å²) < 4.78 is 31.0. The number of nitrogens with zero attached hydrogens (tertiary/aromatic N) is 1. The number of benzene rings is 1. The van der Waals surface area contributed by atoms with Crippen LogP contribution in [0.15, 0.2) is 23.1 Å². The first kappa shape index (κ1) is 15.7. The largest absolute Gasteiger partial charge is 0.496 e. The van der Waals surface area contributed by atoms with E-state index in [-0.39, 0.29) is 17.9 Å². The molecule has 0 radical (unpaired) electrons. The highest BCUT2D eigenvalue weighted by Crippen LogP contribution is 2.29. The van der Waals surface area contributed by atoms with Crippen molar-refractivity contribution < 1.29 is 28.2 Å². The van der Waals surface area contributed by atoms with Crippen molar-refractivity contribution in [3.8, 4) is 5.75 Å². The Balaban J connectivity index is 2.42. The second kappa shape index (κ2) is 5.63. The van der Waals surface area contributed by atoms with Gasteiger partial charge in [-0.2, -0.15) is 4.31 Å². The van der Waals surface area contributed by atoms with E-state index in [1.54, 1.807) is 6.92 Å². The Labute approximate surface area is 122 Å². The average Bonchev–Trinajstić information content (AvgIpc) is 2.81. The highest BCUT2D eigenvalue weighted by molar-refractivity contribution is 7.89. The first-order chi connectivity index (χ1) is 9.77. The van der Waals surface area contributed by atoms with E-state index in [4.69, 9.17) is 9.84 Å². The van der Waals surface area contributed by atoms with E-state index in [2.05, 4.69) is 0 Å². The molecule has 8 heteroatoms. The molecule has 1 saturated heterocycles. The lowest BCUT2D eigenvalue weighted by Gasteiger charge is -2.21. The Morgan fingerprint density at radius 1 is 1.43 bits per heavy atom. The highest BCUT2D eigenvalue weighted by Gasteiger charge is 2.43. The third-order valence-electron chi connectivity index (χ3n) is 3.49. The van der Waals surface area contributed by atoms with E-state index in [9.17, 15) is 18.3 Å². The van der Waals surface area contributed by atoms with Crippen LogP contribution in [0.2, 0.25) is 0 Å². The number of carboxylic acids is 1. The number of aliphatic carboxylic acids is 1. The number of hydrogen-bond acceptors (Lipinski definition) is 5. The molecule has 1 unspecified atom stereocenters. The molecule has 1 heterocycles. The van der Waals surface area contributed by atoms with Crippen molar-refractivity contribution in [3.63, 3.8) is 0 Å². The van der Waals surface area contributed by atoms with Gasteiger partial charge < -0.3 is 14.9 Å². The number of methoxy groups -OCH3 is 1. The molecule has 1 aromatic carbocycles. The van der Waals surface area contributed by atoms with Gasteiger partial charge in [0.2, 0.25) is 10.0 Å². The summed E-state index contributed by atoms with van der Waals surface area (Å²) >= 11 is 0. The van der Waals surface area contributed by atoms with Gasteiger partial charge in [-0.1, -0.05) is 0 Å². The molecule has 1 fully saturated rings. The molecule has 0 spiro atoms. The zero-order chi connectivity index (χ0) is 15.8. The molecule has 2 rings (SSSR count). The van der Waals surface area contributed by atoms with E-state index in [0.29, 0.717) is 11.3 Å². The van der Waals surface area contributed by atoms with Crippen LogP contribution < -0.4 is 4.74 Å². The molecule has 0 aliphatic carbocycles. The molecule has 1 aromatic rings. The van der Waals surface area contributed by atoms with E-state index < -0.39 is 28.1 Å². The average molecular weight is 315 g/mol. The first-order valence-corrected chi connectivity index (χ1v) is 7.78. The van der Waals surface area contributed by atoms with Crippen LogP contribution >= 0.6 is 0 Å². The van der Waals surface area contributed by atoms with Crippen molar-refractivity contribution in [2.75, 3.05) is 13.7 Å². The summed E-state index contributed by atoms with van der Waals surface area (Å²) in [5, 5.41) is 18.7. The second-order valence-corrected chi connectivity index (χ2v) is 6.84. The number of aryl methyl sites for hydroxylation is 1. The van der Waals surface area contributed by atoms with Crippen molar-refractivity contribution in [2.24, 2.45) is 0 Å². The minimum Gasteiger partial charge on any atom is -0.496 e. The van der Waals surface area contributed by atoms with E-state index in [0.717, 1.165) is 4.31 Å². The van der Waals surface area contributed by atoms with Gasteiger partial charge in [-0.3, -0.25) is 4.79 Å². The molecule has 1 aliphatic rings. The number of hydrogen-bond donors (Lipinski definition) is 2. The summed E-state index contributed by atoms with van der Waals surface area (Å²) in [6.07, 6.45) is -1.08. The fourth-order valence-electron chi connectivity index (χ4n) is 2.42. The van der Waals surface area contributed by atoms with Crippen LogP contribution in [-0.2, 0) is 14.8 Å². The van der Waals surface area contributed by atoms with Gasteiger partial charge in [0.25, 0.3) is 0 Å². The maximum absolute atomic E-state index is 12.6. The molecule has 0 saturated carbocycles. The quantitative estimate of drug-likeness (QED) is 0.823. The van der Waals surface area contributed by atoms with Gasteiger partial charge in [0.05, 0.1) is 18.1 Å². The minimum absolute atomic E-state index is 0.0128. The van der Waals surface area contributed by atoms with Crippen LogP contribution in [0, 0.1) is 6.92 Å². The minimum atomic E-state index is -3.98. The van der Waals surface area contributed by atoms with E-state index in [1.165, 1.54) is 25.3 Å². The van der Waals surface area contributed by atoms with Crippen LogP contribution in [0.25, 0.3) is 0 Å². The Hall–Kier alpha value is -1.64. The lowest BCUT2D eigenvalue weighted by atomic mass is 10.2. The standard InChI is InChI=1S/C13H17NO6S/c1-8-5-10(3-4-12(8)20-2)21(18,19)14-7-9(15)6-11(14)13(16)17/h3-5,9,11,15H,6-7H2,1-2H3,(H,16,17)/t9?,11-/m0/s1. The van der Waals surface area contributed by atoms with Crippen molar-refractivity contribution in [3.05, 3.63) is 23.8 Å². The summed E-state index contributed by atoms with van der Waals surface area (Å²) in [6, 6.07) is 3.07. The van der Waals surface area contributed by atoms with Crippen molar-refractivity contribution in [2.45, 2.75) is 30.4 Å². The molecule has 0 aromatic heterocycles. The predicted octanol–water partition coefficient (Wildman–Crippen LogP) is 0.212. The van der Waals surface area contributed by atoms with Crippen molar-refractivity contribution >= 4 is 16.0 Å². The van der Waals surface area contributed by atoms with E-state index >= 15 is 0 Å². The Morgan fingerprint density at radius 3 is 2.62 bits per heavy atom. The molecular formula is C13H17NO6S. The van der Waals surface area contributed by atoms with Gasteiger partial charge in [-0.25, -0.2) is 8.42 Å². The van der Waals surface area contributed by atoms with Crippen LogP contribution in [0.3, 0.4) is 0 Å². The second-order valence-electron chi connectivity index (χ2n) is 4.95. The molecule has 2 atom stereocenters. The lowest BCUT2D eigenvalue weighted by molar-refractivity contribution is -0.140. The molecule has 1 aliphatic heterocycles. The summed E-state index contributed by atoms with van der Waals surface area (Å²) in [6.45, 7) is 1.48. The Morgan fingerprint density at radius 2 is 2.10 bits per heavy atom. The van der Waals surface area contributed by atoms with Gasteiger partial charge in [-0.15, -0.1) is 0 Å². The number of aliphatic hydroxyl groups is 1. The SMILES string of the molecule is COc1ccc(S(=O)(=O)N2CC(O)C[C@H]2C(=O)O)cc1C. The summed E-state index contributed by atoms with van der Waals surface area (Å²) in [5.74, 6) is -0.717. The summed E-state index contributed by atoms with van der Waals surface area (Å²) in [5.41, 5.74) is 0.630. The number of rotatable bonds is 4. The molecule has 2 N–H and O–H groups in total. The summed E-state index contributed by atoms with van der Waals surface area (Å²) in [7, 11) is -2.50. The number of carboxylic acid groups (broad SMARTS) is 1. The molecule has 7 nitrogen and oxygen atoms in total. The maximum Gasteiger partial charge on any atom is 0.322 e. The highest BCUT2D eigenvalue weighted by atomic mass is 32.2.